The molecular formula is C2H3Cl2O2S-. The van der Waals surface area contributed by atoms with Crippen molar-refractivity contribution < 1.29 is 8.76 Å². The maximum atomic E-state index is 9.64. The van der Waals surface area contributed by atoms with E-state index in [0.29, 0.717) is 0 Å². The molecule has 0 aromatic heterocycles. The average molecular weight is 162 g/mol. The maximum Gasteiger partial charge on any atom is 0.118 e. The first-order valence-electron chi connectivity index (χ1n) is 1.47. The van der Waals surface area contributed by atoms with Crippen molar-refractivity contribution in [3.05, 3.63) is 0 Å². The van der Waals surface area contributed by atoms with Crippen LogP contribution in [0, 0.1) is 0 Å². The highest BCUT2D eigenvalue weighted by molar-refractivity contribution is 7.79. The number of rotatable bonds is 2. The van der Waals surface area contributed by atoms with Gasteiger partial charge in [-0.25, -0.2) is 0 Å². The van der Waals surface area contributed by atoms with E-state index in [1.165, 1.54) is 0 Å². The van der Waals surface area contributed by atoms with Gasteiger partial charge in [0.2, 0.25) is 0 Å². The van der Waals surface area contributed by atoms with Gasteiger partial charge in [-0.2, -0.15) is 0 Å². The van der Waals surface area contributed by atoms with Gasteiger partial charge in [-0.3, -0.25) is 4.21 Å². The van der Waals surface area contributed by atoms with E-state index in [9.17, 15) is 8.76 Å². The second-order valence-electron chi connectivity index (χ2n) is 0.861. The van der Waals surface area contributed by atoms with Crippen LogP contribution >= 0.6 is 23.2 Å². The summed E-state index contributed by atoms with van der Waals surface area (Å²) in [5, 5.41) is 0. The summed E-state index contributed by atoms with van der Waals surface area (Å²) in [4.78, 5) is -0.793. The zero-order valence-electron chi connectivity index (χ0n) is 3.27. The Balaban J connectivity index is 3.13. The minimum Gasteiger partial charge on any atom is -0.772 e. The van der Waals surface area contributed by atoms with Gasteiger partial charge >= 0.3 is 0 Å². The van der Waals surface area contributed by atoms with Crippen LogP contribution in [-0.4, -0.2) is 19.4 Å². The third kappa shape index (κ3) is 6.69. The molecule has 5 heteroatoms. The Labute approximate surface area is 54.1 Å². The third-order valence-electron chi connectivity index (χ3n) is 0.262. The Hall–Kier alpha value is 0.690. The van der Waals surface area contributed by atoms with Crippen molar-refractivity contribution in [2.45, 2.75) is 4.84 Å². The largest absolute Gasteiger partial charge is 0.772 e. The fourth-order valence-electron chi connectivity index (χ4n) is 0.103. The zero-order chi connectivity index (χ0) is 5.86. The predicted octanol–water partition coefficient (Wildman–Crippen LogP) is 0.669. The van der Waals surface area contributed by atoms with Crippen molar-refractivity contribution in [3.8, 4) is 0 Å². The van der Waals surface area contributed by atoms with Crippen molar-refractivity contribution in [1.82, 2.24) is 0 Å². The Bertz CT molecular complexity index is 74.1. The maximum absolute atomic E-state index is 9.64. The minimum absolute atomic E-state index is 0.191. The highest BCUT2D eigenvalue weighted by atomic mass is 35.5. The molecule has 7 heavy (non-hydrogen) atoms. The topological polar surface area (TPSA) is 40.1 Å². The lowest BCUT2D eigenvalue weighted by molar-refractivity contribution is 0.538. The van der Waals surface area contributed by atoms with E-state index in [1.807, 2.05) is 0 Å². The van der Waals surface area contributed by atoms with Gasteiger partial charge in [0.1, 0.15) is 4.84 Å². The van der Waals surface area contributed by atoms with Crippen molar-refractivity contribution >= 4 is 34.3 Å². The fraction of sp³-hybridized carbons (Fsp3) is 1.00. The second-order valence-corrected chi connectivity index (χ2v) is 3.08. The van der Waals surface area contributed by atoms with Gasteiger partial charge in [-0.05, 0) is 0 Å². The smallest absolute Gasteiger partial charge is 0.118 e. The zero-order valence-corrected chi connectivity index (χ0v) is 5.59. The summed E-state index contributed by atoms with van der Waals surface area (Å²) in [5.74, 6) is -0.191. The van der Waals surface area contributed by atoms with Crippen LogP contribution in [-0.2, 0) is 11.1 Å². The quantitative estimate of drug-likeness (QED) is 0.442. The summed E-state index contributed by atoms with van der Waals surface area (Å²) >= 11 is 7.98. The monoisotopic (exact) mass is 161 g/mol. The van der Waals surface area contributed by atoms with Crippen LogP contribution in [0.4, 0.5) is 0 Å². The molecule has 2 nitrogen and oxygen atoms in total. The summed E-state index contributed by atoms with van der Waals surface area (Å²) in [5.41, 5.74) is 0. The standard InChI is InChI=1S/C2H4Cl2O2S/c3-2(4)1-7(5)6/h2H,1H2,(H,5,6)/p-1. The number of alkyl halides is 2. The summed E-state index contributed by atoms with van der Waals surface area (Å²) in [6, 6.07) is 0. The predicted molar refractivity (Wildman–Crippen MR) is 29.3 cm³/mol. The molecule has 1 unspecified atom stereocenters. The molecule has 0 aliphatic rings. The van der Waals surface area contributed by atoms with E-state index in [1.54, 1.807) is 0 Å². The Kier molecular flexibility index (Phi) is 4.02. The normalized spacial score (nSPS) is 14.9. The summed E-state index contributed by atoms with van der Waals surface area (Å²) < 4.78 is 19.3. The molecule has 0 spiro atoms. The van der Waals surface area contributed by atoms with Crippen LogP contribution in [0.15, 0.2) is 0 Å². The molecule has 0 amide bonds. The summed E-state index contributed by atoms with van der Waals surface area (Å²) in [6.45, 7) is 0. The molecule has 0 saturated heterocycles. The van der Waals surface area contributed by atoms with Crippen molar-refractivity contribution in [2.75, 3.05) is 5.75 Å². The molecule has 0 fully saturated rings. The summed E-state index contributed by atoms with van der Waals surface area (Å²) in [7, 11) is 0. The second kappa shape index (κ2) is 3.66. The molecule has 0 radical (unpaired) electrons. The van der Waals surface area contributed by atoms with Crippen molar-refractivity contribution in [2.24, 2.45) is 0 Å². The van der Waals surface area contributed by atoms with Gasteiger partial charge in [0, 0.05) is 5.75 Å². The Morgan fingerprint density at radius 1 is 1.71 bits per heavy atom. The van der Waals surface area contributed by atoms with Crippen molar-refractivity contribution in [1.29, 1.82) is 0 Å². The van der Waals surface area contributed by atoms with Crippen LogP contribution in [0.1, 0.15) is 0 Å². The van der Waals surface area contributed by atoms with Crippen molar-refractivity contribution in [3.63, 3.8) is 0 Å². The molecule has 0 N–H and O–H groups in total. The molecule has 1 atom stereocenters. The van der Waals surface area contributed by atoms with E-state index in [2.05, 4.69) is 0 Å². The third-order valence-corrected chi connectivity index (χ3v) is 1.54. The fourth-order valence-corrected chi connectivity index (χ4v) is 0.926. The van der Waals surface area contributed by atoms with Gasteiger partial charge in [0.25, 0.3) is 0 Å². The molecule has 0 bridgehead atoms. The number of halogens is 2. The minimum atomic E-state index is -2.11. The molecular weight excluding hydrogens is 159 g/mol. The van der Waals surface area contributed by atoms with E-state index in [0.717, 1.165) is 0 Å². The van der Waals surface area contributed by atoms with Gasteiger partial charge < -0.3 is 4.55 Å². The highest BCUT2D eigenvalue weighted by Crippen LogP contribution is 2.00. The average Bonchev–Trinajstić information content (AvgIpc) is 1.27. The first-order chi connectivity index (χ1) is 3.13. The Morgan fingerprint density at radius 3 is 2.14 bits per heavy atom. The van der Waals surface area contributed by atoms with Crippen LogP contribution in [0.25, 0.3) is 0 Å². The molecule has 44 valence electrons. The first kappa shape index (κ1) is 7.69. The number of hydrogen-bond acceptors (Lipinski definition) is 2. The SMILES string of the molecule is O=S([O-])CC(Cl)Cl. The van der Waals surface area contributed by atoms with E-state index < -0.39 is 15.9 Å². The molecule has 0 aromatic carbocycles. The molecule has 0 rings (SSSR count). The van der Waals surface area contributed by atoms with E-state index in [4.69, 9.17) is 23.2 Å². The Morgan fingerprint density at radius 2 is 2.14 bits per heavy atom. The van der Waals surface area contributed by atoms with Crippen LogP contribution in [0.3, 0.4) is 0 Å². The lowest BCUT2D eigenvalue weighted by atomic mass is 10.9. The molecule has 0 saturated carbocycles. The molecule has 0 aromatic rings. The van der Waals surface area contributed by atoms with E-state index >= 15 is 0 Å². The van der Waals surface area contributed by atoms with Gasteiger partial charge in [0.15, 0.2) is 0 Å². The summed E-state index contributed by atoms with van der Waals surface area (Å²) in [6.07, 6.45) is 0. The van der Waals surface area contributed by atoms with Gasteiger partial charge in [-0.15, -0.1) is 23.2 Å². The molecule has 0 aliphatic heterocycles. The lowest BCUT2D eigenvalue weighted by Crippen LogP contribution is -2.02. The number of hydrogen-bond donors (Lipinski definition) is 0. The van der Waals surface area contributed by atoms with Crippen LogP contribution in [0.5, 0.6) is 0 Å². The highest BCUT2D eigenvalue weighted by Gasteiger charge is 1.94. The molecule has 0 aliphatic carbocycles. The van der Waals surface area contributed by atoms with Gasteiger partial charge in [0.05, 0.1) is 0 Å². The lowest BCUT2D eigenvalue weighted by Gasteiger charge is -2.02. The van der Waals surface area contributed by atoms with Crippen LogP contribution < -0.4 is 0 Å². The van der Waals surface area contributed by atoms with Gasteiger partial charge in [-0.1, -0.05) is 11.1 Å². The van der Waals surface area contributed by atoms with E-state index in [-0.39, 0.29) is 5.75 Å². The first-order valence-corrected chi connectivity index (χ1v) is 3.58. The van der Waals surface area contributed by atoms with Crippen LogP contribution in [0.2, 0.25) is 0 Å². The molecule has 0 heterocycles.